The van der Waals surface area contributed by atoms with Crippen molar-refractivity contribution in [3.63, 3.8) is 0 Å². The number of hydrogen-bond acceptors (Lipinski definition) is 2. The molecule has 0 radical (unpaired) electrons. The number of ketones is 1. The molecule has 17 heavy (non-hydrogen) atoms. The van der Waals surface area contributed by atoms with E-state index in [9.17, 15) is 4.79 Å². The van der Waals surface area contributed by atoms with Crippen molar-refractivity contribution in [1.82, 2.24) is 4.90 Å². The molecule has 0 bridgehead atoms. The maximum atomic E-state index is 12.4. The monoisotopic (exact) mass is 293 g/mol. The molecule has 3 heteroatoms. The summed E-state index contributed by atoms with van der Waals surface area (Å²) in [6, 6.07) is 6.00. The lowest BCUT2D eigenvalue weighted by Crippen LogP contribution is -2.09. The van der Waals surface area contributed by atoms with Crippen LogP contribution in [0.5, 0.6) is 0 Å². The summed E-state index contributed by atoms with van der Waals surface area (Å²) in [6.45, 7) is 0. The molecule has 0 heterocycles. The van der Waals surface area contributed by atoms with E-state index in [0.29, 0.717) is 0 Å². The van der Waals surface area contributed by atoms with Crippen LogP contribution < -0.4 is 0 Å². The Labute approximate surface area is 110 Å². The first-order chi connectivity index (χ1) is 8.08. The second-order valence-electron chi connectivity index (χ2n) is 4.60. The van der Waals surface area contributed by atoms with Crippen LogP contribution in [-0.2, 0) is 6.42 Å². The summed E-state index contributed by atoms with van der Waals surface area (Å²) in [5.41, 5.74) is 2.93. The topological polar surface area (TPSA) is 20.3 Å². The Morgan fingerprint density at radius 1 is 1.29 bits per heavy atom. The van der Waals surface area contributed by atoms with Crippen LogP contribution >= 0.6 is 15.9 Å². The minimum Gasteiger partial charge on any atom is -0.383 e. The summed E-state index contributed by atoms with van der Waals surface area (Å²) in [5.74, 6) is 0.174. The quantitative estimate of drug-likeness (QED) is 0.584. The molecule has 0 N–H and O–H groups in total. The second kappa shape index (κ2) is 5.05. The molecule has 1 aliphatic carbocycles. The molecule has 0 unspecified atom stereocenters. The van der Waals surface area contributed by atoms with Gasteiger partial charge in [0.15, 0.2) is 5.78 Å². The molecule has 0 aromatic heterocycles. The predicted octanol–water partition coefficient (Wildman–Crippen LogP) is 3.41. The van der Waals surface area contributed by atoms with Gasteiger partial charge in [-0.3, -0.25) is 4.79 Å². The van der Waals surface area contributed by atoms with Gasteiger partial charge in [-0.15, -0.1) is 0 Å². The predicted molar refractivity (Wildman–Crippen MR) is 73.2 cm³/mol. The SMILES string of the molecule is CN(C)/C=C1/CCCc2ccc(Br)cc2C1=O. The van der Waals surface area contributed by atoms with Crippen LogP contribution in [0.25, 0.3) is 0 Å². The zero-order valence-corrected chi connectivity index (χ0v) is 11.8. The third-order valence-corrected chi connectivity index (χ3v) is 3.41. The Balaban J connectivity index is 2.45. The van der Waals surface area contributed by atoms with Crippen molar-refractivity contribution in [3.8, 4) is 0 Å². The molecule has 0 saturated heterocycles. The number of allylic oxidation sites excluding steroid dienone is 1. The van der Waals surface area contributed by atoms with Crippen LogP contribution in [0, 0.1) is 0 Å². The third-order valence-electron chi connectivity index (χ3n) is 2.91. The van der Waals surface area contributed by atoms with Crippen LogP contribution in [-0.4, -0.2) is 24.8 Å². The summed E-state index contributed by atoms with van der Waals surface area (Å²) in [6.07, 6.45) is 4.83. The molecule has 1 aromatic rings. The number of rotatable bonds is 1. The number of carbonyl (C=O) groups is 1. The fourth-order valence-electron chi connectivity index (χ4n) is 2.17. The van der Waals surface area contributed by atoms with Gasteiger partial charge < -0.3 is 4.90 Å². The van der Waals surface area contributed by atoms with E-state index in [2.05, 4.69) is 22.0 Å². The normalized spacial score (nSPS) is 17.8. The van der Waals surface area contributed by atoms with Crippen molar-refractivity contribution >= 4 is 21.7 Å². The van der Waals surface area contributed by atoms with Crippen LogP contribution in [0.2, 0.25) is 0 Å². The Morgan fingerprint density at radius 2 is 2.06 bits per heavy atom. The average molecular weight is 294 g/mol. The number of carbonyl (C=O) groups excluding carboxylic acids is 1. The van der Waals surface area contributed by atoms with Gasteiger partial charge in [-0.2, -0.15) is 0 Å². The molecule has 0 fully saturated rings. The molecule has 1 aromatic carbocycles. The number of hydrogen-bond donors (Lipinski definition) is 0. The van der Waals surface area contributed by atoms with Crippen LogP contribution in [0.3, 0.4) is 0 Å². The van der Waals surface area contributed by atoms with Gasteiger partial charge in [-0.05, 0) is 37.0 Å². The van der Waals surface area contributed by atoms with E-state index < -0.39 is 0 Å². The fourth-order valence-corrected chi connectivity index (χ4v) is 2.53. The highest BCUT2D eigenvalue weighted by molar-refractivity contribution is 9.10. The van der Waals surface area contributed by atoms with Crippen LogP contribution in [0.1, 0.15) is 28.8 Å². The van der Waals surface area contributed by atoms with Crippen molar-refractivity contribution in [1.29, 1.82) is 0 Å². The van der Waals surface area contributed by atoms with Gasteiger partial charge in [0.25, 0.3) is 0 Å². The molecule has 90 valence electrons. The maximum absolute atomic E-state index is 12.4. The smallest absolute Gasteiger partial charge is 0.190 e. The van der Waals surface area contributed by atoms with E-state index >= 15 is 0 Å². The van der Waals surface area contributed by atoms with Gasteiger partial charge in [0.05, 0.1) is 0 Å². The molecule has 2 nitrogen and oxygen atoms in total. The van der Waals surface area contributed by atoms with E-state index in [4.69, 9.17) is 0 Å². The third kappa shape index (κ3) is 2.78. The Bertz CT molecular complexity index is 477. The van der Waals surface area contributed by atoms with Crippen molar-refractivity contribution in [2.45, 2.75) is 19.3 Å². The summed E-state index contributed by atoms with van der Waals surface area (Å²) < 4.78 is 0.968. The summed E-state index contributed by atoms with van der Waals surface area (Å²) in [5, 5.41) is 0. The van der Waals surface area contributed by atoms with Gasteiger partial charge in [-0.1, -0.05) is 22.0 Å². The largest absolute Gasteiger partial charge is 0.383 e. The van der Waals surface area contributed by atoms with Crippen molar-refractivity contribution < 1.29 is 4.79 Å². The first kappa shape index (κ1) is 12.4. The van der Waals surface area contributed by atoms with Crippen LogP contribution in [0.15, 0.2) is 34.4 Å². The molecule has 0 saturated carbocycles. The number of benzene rings is 1. The molecule has 0 spiro atoms. The minimum absolute atomic E-state index is 0.174. The standard InChI is InChI=1S/C14H16BrNO/c1-16(2)9-11-5-3-4-10-6-7-12(15)8-13(10)14(11)17/h6-9H,3-5H2,1-2H3/b11-9-. The molecular formula is C14H16BrNO. The molecule has 2 rings (SSSR count). The average Bonchev–Trinajstić information content (AvgIpc) is 2.40. The van der Waals surface area contributed by atoms with Crippen molar-refractivity contribution in [3.05, 3.63) is 45.6 Å². The van der Waals surface area contributed by atoms with Crippen molar-refractivity contribution in [2.24, 2.45) is 0 Å². The van der Waals surface area contributed by atoms with Gasteiger partial charge >= 0.3 is 0 Å². The summed E-state index contributed by atoms with van der Waals surface area (Å²) in [4.78, 5) is 14.3. The summed E-state index contributed by atoms with van der Waals surface area (Å²) in [7, 11) is 3.90. The lowest BCUT2D eigenvalue weighted by atomic mass is 10.0. The molecule has 1 aliphatic rings. The van der Waals surface area contributed by atoms with E-state index in [1.54, 1.807) is 0 Å². The highest BCUT2D eigenvalue weighted by atomic mass is 79.9. The van der Waals surface area contributed by atoms with Gasteiger partial charge in [0.1, 0.15) is 0 Å². The van der Waals surface area contributed by atoms with Crippen molar-refractivity contribution in [2.75, 3.05) is 14.1 Å². The maximum Gasteiger partial charge on any atom is 0.190 e. The van der Waals surface area contributed by atoms with E-state index in [1.807, 2.05) is 37.3 Å². The van der Waals surface area contributed by atoms with Gasteiger partial charge in [0.2, 0.25) is 0 Å². The Morgan fingerprint density at radius 3 is 2.76 bits per heavy atom. The van der Waals surface area contributed by atoms with Gasteiger partial charge in [-0.25, -0.2) is 0 Å². The second-order valence-corrected chi connectivity index (χ2v) is 5.52. The molecule has 0 amide bonds. The molecule has 0 atom stereocenters. The van der Waals surface area contributed by atoms with E-state index in [-0.39, 0.29) is 5.78 Å². The lowest BCUT2D eigenvalue weighted by molar-refractivity contribution is 0.103. The Hall–Kier alpha value is -1.09. The van der Waals surface area contributed by atoms with E-state index in [0.717, 1.165) is 34.9 Å². The highest BCUT2D eigenvalue weighted by Crippen LogP contribution is 2.26. The Kier molecular flexibility index (Phi) is 3.67. The zero-order chi connectivity index (χ0) is 12.4. The van der Waals surface area contributed by atoms with Gasteiger partial charge in [0, 0.05) is 35.9 Å². The highest BCUT2D eigenvalue weighted by Gasteiger charge is 2.20. The molecule has 0 aliphatic heterocycles. The number of fused-ring (bicyclic) bond motifs is 1. The first-order valence-corrected chi connectivity index (χ1v) is 6.57. The van der Waals surface area contributed by atoms with Crippen LogP contribution in [0.4, 0.5) is 0 Å². The van der Waals surface area contributed by atoms with E-state index in [1.165, 1.54) is 5.56 Å². The number of Topliss-reactive ketones (excluding diaryl/α,β-unsaturated/α-hetero) is 1. The summed E-state index contributed by atoms with van der Waals surface area (Å²) >= 11 is 3.43. The number of halogens is 1. The number of aryl methyl sites for hydroxylation is 1. The first-order valence-electron chi connectivity index (χ1n) is 5.78. The zero-order valence-electron chi connectivity index (χ0n) is 10.2. The number of nitrogens with zero attached hydrogens (tertiary/aromatic N) is 1. The fraction of sp³-hybridized carbons (Fsp3) is 0.357. The molecular weight excluding hydrogens is 278 g/mol. The lowest BCUT2D eigenvalue weighted by Gasteiger charge is -2.09. The minimum atomic E-state index is 0.174.